The molecule has 0 aromatic heterocycles. The second-order valence-corrected chi connectivity index (χ2v) is 6.76. The van der Waals surface area contributed by atoms with Crippen molar-refractivity contribution in [3.8, 4) is 0 Å². The third-order valence-corrected chi connectivity index (χ3v) is 4.13. The highest BCUT2D eigenvalue weighted by molar-refractivity contribution is 5.77. The molecule has 1 N–H and O–H groups in total. The first-order valence-corrected chi connectivity index (χ1v) is 6.94. The monoisotopic (exact) mass is 285 g/mol. The Morgan fingerprint density at radius 1 is 1.40 bits per heavy atom. The fourth-order valence-corrected chi connectivity index (χ4v) is 3.51. The molecule has 2 aliphatic rings. The predicted octanol–water partition coefficient (Wildman–Crippen LogP) is 1.88. The number of rotatable bonds is 3. The maximum Gasteiger partial charge on any atom is 0.411 e. The van der Waals surface area contributed by atoms with E-state index in [-0.39, 0.29) is 6.04 Å². The van der Waals surface area contributed by atoms with Gasteiger partial charge in [0.15, 0.2) is 0 Å². The molecular formula is C14H23NO5. The van der Waals surface area contributed by atoms with Gasteiger partial charge in [-0.15, -0.1) is 0 Å². The first kappa shape index (κ1) is 15.1. The van der Waals surface area contributed by atoms with E-state index < -0.39 is 29.1 Å². The number of carboxylic acid groups (broad SMARTS) is 1. The Labute approximate surface area is 119 Å². The molecule has 0 radical (unpaired) electrons. The molecule has 3 atom stereocenters. The number of carboxylic acids is 1. The average molecular weight is 285 g/mol. The van der Waals surface area contributed by atoms with Gasteiger partial charge in [0.05, 0.1) is 18.1 Å². The maximum atomic E-state index is 12.4. The van der Waals surface area contributed by atoms with Crippen LogP contribution in [0.4, 0.5) is 4.79 Å². The number of carbonyl (C=O) groups is 2. The van der Waals surface area contributed by atoms with E-state index in [1.807, 2.05) is 0 Å². The van der Waals surface area contributed by atoms with Crippen LogP contribution < -0.4 is 0 Å². The fourth-order valence-electron chi connectivity index (χ4n) is 3.51. The number of amides is 1. The lowest BCUT2D eigenvalue weighted by molar-refractivity contribution is -0.142. The molecule has 20 heavy (non-hydrogen) atoms. The van der Waals surface area contributed by atoms with Crippen LogP contribution in [-0.4, -0.2) is 53.0 Å². The smallest absolute Gasteiger partial charge is 0.411 e. The van der Waals surface area contributed by atoms with Gasteiger partial charge in [-0.25, -0.2) is 4.79 Å². The highest BCUT2D eigenvalue weighted by Crippen LogP contribution is 2.50. The van der Waals surface area contributed by atoms with Crippen LogP contribution in [0.5, 0.6) is 0 Å². The van der Waals surface area contributed by atoms with E-state index in [0.29, 0.717) is 19.4 Å². The maximum absolute atomic E-state index is 12.4. The lowest BCUT2D eigenvalue weighted by atomic mass is 9.81. The van der Waals surface area contributed by atoms with Crippen LogP contribution in [0.1, 0.15) is 40.0 Å². The summed E-state index contributed by atoms with van der Waals surface area (Å²) >= 11 is 0. The minimum absolute atomic E-state index is 0.280. The number of nitrogens with zero attached hydrogens (tertiary/aromatic N) is 1. The standard InChI is InChI=1S/C14H23NO5/c1-13(2,3)20-12(18)15-10-5-6-14(15,8-19-4)7-9(10)11(16)17/h9-10H,5-8H2,1-4H3,(H,16,17)/t9-,10+,14+/m1/s1. The van der Waals surface area contributed by atoms with E-state index in [1.165, 1.54) is 0 Å². The van der Waals surface area contributed by atoms with Gasteiger partial charge in [-0.2, -0.15) is 0 Å². The summed E-state index contributed by atoms with van der Waals surface area (Å²) in [5, 5.41) is 9.33. The average Bonchev–Trinajstić information content (AvgIpc) is 2.79. The molecule has 1 amide bonds. The first-order chi connectivity index (χ1) is 9.20. The summed E-state index contributed by atoms with van der Waals surface area (Å²) in [5.41, 5.74) is -1.11. The zero-order valence-electron chi connectivity index (χ0n) is 12.5. The zero-order valence-corrected chi connectivity index (χ0v) is 12.5. The van der Waals surface area contributed by atoms with Crippen LogP contribution >= 0.6 is 0 Å². The van der Waals surface area contributed by atoms with E-state index in [4.69, 9.17) is 9.47 Å². The fraction of sp³-hybridized carbons (Fsp3) is 0.857. The van der Waals surface area contributed by atoms with Gasteiger partial charge in [0, 0.05) is 13.2 Å². The number of methoxy groups -OCH3 is 1. The summed E-state index contributed by atoms with van der Waals surface area (Å²) in [7, 11) is 1.57. The Morgan fingerprint density at radius 2 is 2.05 bits per heavy atom. The summed E-state index contributed by atoms with van der Waals surface area (Å²) in [5.74, 6) is -1.37. The molecule has 0 spiro atoms. The summed E-state index contributed by atoms with van der Waals surface area (Å²) in [6.45, 7) is 5.77. The largest absolute Gasteiger partial charge is 0.481 e. The molecule has 2 rings (SSSR count). The van der Waals surface area contributed by atoms with Crippen LogP contribution in [0.15, 0.2) is 0 Å². The van der Waals surface area contributed by atoms with Gasteiger partial charge in [-0.05, 0) is 40.0 Å². The first-order valence-electron chi connectivity index (χ1n) is 6.94. The van der Waals surface area contributed by atoms with Crippen LogP contribution in [0.2, 0.25) is 0 Å². The minimum Gasteiger partial charge on any atom is -0.481 e. The van der Waals surface area contributed by atoms with Crippen molar-refractivity contribution < 1.29 is 24.2 Å². The molecule has 6 nitrogen and oxygen atoms in total. The Balaban J connectivity index is 2.25. The molecule has 0 aromatic carbocycles. The lowest BCUT2D eigenvalue weighted by Crippen LogP contribution is -2.50. The molecule has 2 heterocycles. The van der Waals surface area contributed by atoms with Gasteiger partial charge >= 0.3 is 12.1 Å². The van der Waals surface area contributed by atoms with Crippen molar-refractivity contribution in [2.75, 3.05) is 13.7 Å². The molecule has 2 saturated heterocycles. The molecular weight excluding hydrogens is 262 g/mol. The van der Waals surface area contributed by atoms with E-state index in [2.05, 4.69) is 0 Å². The van der Waals surface area contributed by atoms with Crippen molar-refractivity contribution >= 4 is 12.1 Å². The number of hydrogen-bond donors (Lipinski definition) is 1. The topological polar surface area (TPSA) is 76.1 Å². The van der Waals surface area contributed by atoms with Crippen LogP contribution in [-0.2, 0) is 14.3 Å². The van der Waals surface area contributed by atoms with Gasteiger partial charge in [0.2, 0.25) is 0 Å². The zero-order chi connectivity index (χ0) is 15.1. The molecule has 114 valence electrons. The summed E-state index contributed by atoms with van der Waals surface area (Å²) < 4.78 is 10.7. The Hall–Kier alpha value is -1.30. The van der Waals surface area contributed by atoms with Gasteiger partial charge in [-0.1, -0.05) is 0 Å². The second-order valence-electron chi connectivity index (χ2n) is 6.76. The van der Waals surface area contributed by atoms with E-state index in [9.17, 15) is 14.7 Å². The highest BCUT2D eigenvalue weighted by Gasteiger charge is 2.61. The number of aliphatic carboxylic acids is 1. The van der Waals surface area contributed by atoms with Crippen molar-refractivity contribution in [1.82, 2.24) is 4.90 Å². The van der Waals surface area contributed by atoms with Crippen molar-refractivity contribution in [3.05, 3.63) is 0 Å². The number of fused-ring (bicyclic) bond motifs is 2. The van der Waals surface area contributed by atoms with E-state index >= 15 is 0 Å². The van der Waals surface area contributed by atoms with E-state index in [1.54, 1.807) is 32.8 Å². The van der Waals surface area contributed by atoms with Crippen molar-refractivity contribution in [3.63, 3.8) is 0 Å². The minimum atomic E-state index is -0.846. The van der Waals surface area contributed by atoms with Crippen molar-refractivity contribution in [2.45, 2.75) is 57.2 Å². The molecule has 0 aliphatic carbocycles. The molecule has 0 aromatic rings. The summed E-state index contributed by atoms with van der Waals surface area (Å²) in [6.07, 6.45) is 1.48. The Kier molecular flexibility index (Phi) is 3.71. The quantitative estimate of drug-likeness (QED) is 0.856. The Morgan fingerprint density at radius 3 is 2.55 bits per heavy atom. The molecule has 2 fully saturated rings. The number of carbonyl (C=O) groups excluding carboxylic acids is 1. The lowest BCUT2D eigenvalue weighted by Gasteiger charge is -2.35. The van der Waals surface area contributed by atoms with Gasteiger partial charge in [0.1, 0.15) is 5.60 Å². The molecule has 0 unspecified atom stereocenters. The third kappa shape index (κ3) is 2.49. The number of ether oxygens (including phenoxy) is 2. The summed E-state index contributed by atoms with van der Waals surface area (Å²) in [4.78, 5) is 25.4. The highest BCUT2D eigenvalue weighted by atomic mass is 16.6. The third-order valence-electron chi connectivity index (χ3n) is 4.13. The molecule has 6 heteroatoms. The van der Waals surface area contributed by atoms with Crippen molar-refractivity contribution in [2.24, 2.45) is 5.92 Å². The molecule has 2 bridgehead atoms. The van der Waals surface area contributed by atoms with Crippen molar-refractivity contribution in [1.29, 1.82) is 0 Å². The number of hydrogen-bond acceptors (Lipinski definition) is 4. The predicted molar refractivity (Wildman–Crippen MR) is 71.4 cm³/mol. The van der Waals surface area contributed by atoms with Gasteiger partial charge < -0.3 is 14.6 Å². The van der Waals surface area contributed by atoms with E-state index in [0.717, 1.165) is 6.42 Å². The normalized spacial score (nSPS) is 32.5. The molecule has 0 saturated carbocycles. The SMILES string of the molecule is COC[C@]12CC[C@@H]([C@H](C(=O)O)C1)N2C(=O)OC(C)(C)C. The van der Waals surface area contributed by atoms with Gasteiger partial charge in [0.25, 0.3) is 0 Å². The van der Waals surface area contributed by atoms with Crippen LogP contribution in [0.3, 0.4) is 0 Å². The summed E-state index contributed by atoms with van der Waals surface area (Å²) in [6, 6.07) is -0.280. The Bertz CT molecular complexity index is 416. The van der Waals surface area contributed by atoms with Gasteiger partial charge in [-0.3, -0.25) is 9.69 Å². The molecule has 2 aliphatic heterocycles. The van der Waals surface area contributed by atoms with Crippen LogP contribution in [0.25, 0.3) is 0 Å². The van der Waals surface area contributed by atoms with Crippen LogP contribution in [0, 0.1) is 5.92 Å². The second kappa shape index (κ2) is 4.91.